The number of nitrogens with zero attached hydrogens (tertiary/aromatic N) is 1. The minimum Gasteiger partial charge on any atom is -0.375 e. The number of nitrogens with two attached hydrogens (primary N) is 1. The maximum Gasteiger partial charge on any atom is 0.250 e. The summed E-state index contributed by atoms with van der Waals surface area (Å²) in [6.45, 7) is 1.35. The van der Waals surface area contributed by atoms with Gasteiger partial charge in [-0.25, -0.2) is 8.78 Å². The van der Waals surface area contributed by atoms with E-state index in [1.54, 1.807) is 6.92 Å². The lowest BCUT2D eigenvalue weighted by Crippen LogP contribution is -2.24. The van der Waals surface area contributed by atoms with Crippen LogP contribution in [0.5, 0.6) is 0 Å². The molecular formula is C13H12F2N4O3. The van der Waals surface area contributed by atoms with Crippen molar-refractivity contribution in [3.8, 4) is 0 Å². The van der Waals surface area contributed by atoms with Crippen LogP contribution in [0, 0.1) is 18.6 Å². The van der Waals surface area contributed by atoms with E-state index < -0.39 is 23.4 Å². The minimum absolute atomic E-state index is 0.0853. The molecule has 22 heavy (non-hydrogen) atoms. The second-order valence-electron chi connectivity index (χ2n) is 4.40. The van der Waals surface area contributed by atoms with E-state index in [1.807, 2.05) is 0 Å². The number of hydrogen-bond acceptors (Lipinski definition) is 5. The first-order valence-electron chi connectivity index (χ1n) is 6.12. The maximum absolute atomic E-state index is 13.2. The fourth-order valence-corrected chi connectivity index (χ4v) is 1.68. The van der Waals surface area contributed by atoms with Crippen molar-refractivity contribution in [3.05, 3.63) is 41.2 Å². The van der Waals surface area contributed by atoms with Crippen LogP contribution >= 0.6 is 0 Å². The highest BCUT2D eigenvalue weighted by molar-refractivity contribution is 5.99. The summed E-state index contributed by atoms with van der Waals surface area (Å²) in [7, 11) is 0. The molecule has 0 saturated carbocycles. The molecule has 0 aliphatic carbocycles. The van der Waals surface area contributed by atoms with Crippen LogP contribution in [-0.2, 0) is 4.79 Å². The number of benzene rings is 1. The first kappa shape index (κ1) is 15.4. The highest BCUT2D eigenvalue weighted by atomic mass is 19.2. The SMILES string of the molecule is Cc1cc(NC(=O)CNc2cc(F)c(F)cc2C(N)=O)no1. The predicted molar refractivity (Wildman–Crippen MR) is 73.2 cm³/mol. The van der Waals surface area contributed by atoms with Crippen molar-refractivity contribution in [2.75, 3.05) is 17.2 Å². The van der Waals surface area contributed by atoms with E-state index in [4.69, 9.17) is 10.3 Å². The van der Waals surface area contributed by atoms with Crippen LogP contribution in [0.2, 0.25) is 0 Å². The second-order valence-corrected chi connectivity index (χ2v) is 4.40. The standard InChI is InChI=1S/C13H12F2N4O3/c1-6-2-11(19-22-6)18-12(20)5-17-10-4-9(15)8(14)3-7(10)13(16)21/h2-4,17H,5H2,1H3,(H2,16,21)(H,18,19,20). The third kappa shape index (κ3) is 3.57. The van der Waals surface area contributed by atoms with Gasteiger partial charge in [0.15, 0.2) is 17.5 Å². The van der Waals surface area contributed by atoms with Gasteiger partial charge in [-0.05, 0) is 13.0 Å². The molecule has 0 aliphatic heterocycles. The zero-order chi connectivity index (χ0) is 16.3. The Hall–Kier alpha value is -2.97. The molecule has 0 aliphatic rings. The lowest BCUT2D eigenvalue weighted by molar-refractivity contribution is -0.114. The van der Waals surface area contributed by atoms with Crippen LogP contribution in [0.1, 0.15) is 16.1 Å². The molecule has 116 valence electrons. The van der Waals surface area contributed by atoms with Gasteiger partial charge in [-0.1, -0.05) is 5.16 Å². The first-order valence-corrected chi connectivity index (χ1v) is 6.12. The Morgan fingerprint density at radius 2 is 1.95 bits per heavy atom. The van der Waals surface area contributed by atoms with Crippen molar-refractivity contribution < 1.29 is 22.9 Å². The lowest BCUT2D eigenvalue weighted by atomic mass is 10.1. The van der Waals surface area contributed by atoms with E-state index in [2.05, 4.69) is 15.8 Å². The summed E-state index contributed by atoms with van der Waals surface area (Å²) >= 11 is 0. The summed E-state index contributed by atoms with van der Waals surface area (Å²) in [5.74, 6) is -3.12. The van der Waals surface area contributed by atoms with Crippen molar-refractivity contribution in [2.24, 2.45) is 5.73 Å². The number of nitrogens with one attached hydrogen (secondary N) is 2. The Bertz CT molecular complexity index is 730. The molecule has 1 aromatic carbocycles. The third-order valence-corrected chi connectivity index (χ3v) is 2.66. The third-order valence-electron chi connectivity index (χ3n) is 2.66. The molecule has 9 heteroatoms. The number of aromatic nitrogens is 1. The molecule has 7 nitrogen and oxygen atoms in total. The van der Waals surface area contributed by atoms with Crippen LogP contribution in [-0.4, -0.2) is 23.5 Å². The number of halogens is 2. The van der Waals surface area contributed by atoms with Gasteiger partial charge in [-0.3, -0.25) is 9.59 Å². The summed E-state index contributed by atoms with van der Waals surface area (Å²) in [5.41, 5.74) is 4.73. The summed E-state index contributed by atoms with van der Waals surface area (Å²) < 4.78 is 31.1. The van der Waals surface area contributed by atoms with Crippen molar-refractivity contribution in [2.45, 2.75) is 6.92 Å². The average Bonchev–Trinajstić information content (AvgIpc) is 2.84. The number of anilines is 2. The Morgan fingerprint density at radius 1 is 1.27 bits per heavy atom. The number of carbonyl (C=O) groups excluding carboxylic acids is 2. The van der Waals surface area contributed by atoms with Crippen LogP contribution in [0.15, 0.2) is 22.7 Å². The van der Waals surface area contributed by atoms with E-state index in [0.29, 0.717) is 11.8 Å². The van der Waals surface area contributed by atoms with Crippen molar-refractivity contribution in [3.63, 3.8) is 0 Å². The smallest absolute Gasteiger partial charge is 0.250 e. The predicted octanol–water partition coefficient (Wildman–Crippen LogP) is 1.41. The topological polar surface area (TPSA) is 110 Å². The van der Waals surface area contributed by atoms with Crippen LogP contribution in [0.4, 0.5) is 20.3 Å². The van der Waals surface area contributed by atoms with E-state index in [9.17, 15) is 18.4 Å². The number of hydrogen-bond donors (Lipinski definition) is 3. The molecule has 0 unspecified atom stereocenters. The number of aryl methyl sites for hydroxylation is 1. The highest BCUT2D eigenvalue weighted by Crippen LogP contribution is 2.19. The zero-order valence-corrected chi connectivity index (χ0v) is 11.4. The monoisotopic (exact) mass is 310 g/mol. The number of amides is 2. The van der Waals surface area contributed by atoms with E-state index in [1.165, 1.54) is 6.07 Å². The summed E-state index contributed by atoms with van der Waals surface area (Å²) in [6.07, 6.45) is 0. The molecule has 1 heterocycles. The van der Waals surface area contributed by atoms with Crippen molar-refractivity contribution in [1.29, 1.82) is 0 Å². The van der Waals surface area contributed by atoms with Gasteiger partial charge >= 0.3 is 0 Å². The minimum atomic E-state index is -1.21. The molecule has 2 aromatic rings. The Kier molecular flexibility index (Phi) is 4.35. The normalized spacial score (nSPS) is 10.3. The summed E-state index contributed by atoms with van der Waals surface area (Å²) in [6, 6.07) is 2.92. The Labute approximate surface area is 123 Å². The molecule has 0 saturated heterocycles. The van der Waals surface area contributed by atoms with Gasteiger partial charge in [0.05, 0.1) is 17.8 Å². The fraction of sp³-hybridized carbons (Fsp3) is 0.154. The van der Waals surface area contributed by atoms with Gasteiger partial charge in [0.1, 0.15) is 5.76 Å². The van der Waals surface area contributed by atoms with Gasteiger partial charge in [-0.2, -0.15) is 0 Å². The van der Waals surface area contributed by atoms with E-state index in [0.717, 1.165) is 6.07 Å². The molecule has 1 aromatic heterocycles. The Morgan fingerprint density at radius 3 is 2.55 bits per heavy atom. The molecule has 0 radical (unpaired) electrons. The molecule has 0 bridgehead atoms. The first-order chi connectivity index (χ1) is 10.4. The van der Waals surface area contributed by atoms with Crippen molar-refractivity contribution in [1.82, 2.24) is 5.16 Å². The molecule has 2 amide bonds. The highest BCUT2D eigenvalue weighted by Gasteiger charge is 2.15. The van der Waals surface area contributed by atoms with Crippen LogP contribution < -0.4 is 16.4 Å². The van der Waals surface area contributed by atoms with Gasteiger partial charge in [-0.15, -0.1) is 0 Å². The van der Waals surface area contributed by atoms with Gasteiger partial charge in [0, 0.05) is 12.1 Å². The molecule has 0 spiro atoms. The summed E-state index contributed by atoms with van der Waals surface area (Å²) in [4.78, 5) is 22.9. The quantitative estimate of drug-likeness (QED) is 0.773. The van der Waals surface area contributed by atoms with Gasteiger partial charge in [0.25, 0.3) is 5.91 Å². The fourth-order valence-electron chi connectivity index (χ4n) is 1.68. The number of primary amides is 1. The van der Waals surface area contributed by atoms with E-state index >= 15 is 0 Å². The molecular weight excluding hydrogens is 298 g/mol. The molecule has 0 atom stereocenters. The number of rotatable bonds is 5. The zero-order valence-electron chi connectivity index (χ0n) is 11.4. The van der Waals surface area contributed by atoms with Crippen molar-refractivity contribution >= 4 is 23.3 Å². The van der Waals surface area contributed by atoms with Crippen LogP contribution in [0.3, 0.4) is 0 Å². The Balaban J connectivity index is 2.06. The van der Waals surface area contributed by atoms with E-state index in [-0.39, 0.29) is 23.6 Å². The van der Waals surface area contributed by atoms with Gasteiger partial charge < -0.3 is 20.9 Å². The average molecular weight is 310 g/mol. The largest absolute Gasteiger partial charge is 0.375 e. The lowest BCUT2D eigenvalue weighted by Gasteiger charge is -2.10. The second kappa shape index (κ2) is 6.20. The molecule has 2 rings (SSSR count). The molecule has 4 N–H and O–H groups in total. The number of carbonyl (C=O) groups is 2. The summed E-state index contributed by atoms with van der Waals surface area (Å²) in [5, 5.41) is 8.49. The molecule has 0 fully saturated rings. The maximum atomic E-state index is 13.2. The van der Waals surface area contributed by atoms with Crippen LogP contribution in [0.25, 0.3) is 0 Å². The van der Waals surface area contributed by atoms with Gasteiger partial charge in [0.2, 0.25) is 5.91 Å².